The summed E-state index contributed by atoms with van der Waals surface area (Å²) in [4.78, 5) is 13.4. The molecule has 1 aliphatic heterocycles. The zero-order chi connectivity index (χ0) is 11.1. The highest BCUT2D eigenvalue weighted by Crippen LogP contribution is 2.19. The van der Waals surface area contributed by atoms with E-state index in [1.807, 2.05) is 0 Å². The number of piperidine rings is 1. The van der Waals surface area contributed by atoms with Gasteiger partial charge in [0.25, 0.3) is 0 Å². The number of carbonyl (C=O) groups is 1. The predicted molar refractivity (Wildman–Crippen MR) is 59.6 cm³/mol. The fourth-order valence-corrected chi connectivity index (χ4v) is 2.16. The highest BCUT2D eigenvalue weighted by atomic mass is 16.3. The molecule has 1 aliphatic rings. The zero-order valence-corrected chi connectivity index (χ0v) is 9.54. The maximum absolute atomic E-state index is 11.1. The van der Waals surface area contributed by atoms with Gasteiger partial charge in [-0.3, -0.25) is 4.79 Å². The molecule has 1 unspecified atom stereocenters. The first-order valence-corrected chi connectivity index (χ1v) is 5.80. The summed E-state index contributed by atoms with van der Waals surface area (Å²) in [5.74, 6) is 0.729. The highest BCUT2D eigenvalue weighted by molar-refractivity contribution is 5.75. The highest BCUT2D eigenvalue weighted by Gasteiger charge is 2.19. The molecule has 0 aromatic carbocycles. The molecule has 2 N–H and O–H groups in total. The van der Waals surface area contributed by atoms with Crippen LogP contribution in [0.25, 0.3) is 0 Å². The van der Waals surface area contributed by atoms with Gasteiger partial charge in [-0.15, -0.1) is 0 Å². The molecule has 15 heavy (non-hydrogen) atoms. The number of hydrogen-bond acceptors (Lipinski definition) is 3. The number of hydrogen-bond donors (Lipinski definition) is 2. The standard InChI is InChI=1S/C11H22N2O2/c1-12-11(15)4-7-13-6-2-3-10(9-13)5-8-14/h10,14H,2-9H2,1H3,(H,12,15). The van der Waals surface area contributed by atoms with E-state index < -0.39 is 0 Å². The van der Waals surface area contributed by atoms with Crippen molar-refractivity contribution >= 4 is 5.91 Å². The van der Waals surface area contributed by atoms with Crippen LogP contribution in [-0.4, -0.2) is 49.2 Å². The first kappa shape index (κ1) is 12.5. The molecule has 0 aromatic heterocycles. The molecule has 1 amide bonds. The molecule has 0 saturated carbocycles. The minimum absolute atomic E-state index is 0.110. The molecule has 1 fully saturated rings. The van der Waals surface area contributed by atoms with Crippen LogP contribution in [0.3, 0.4) is 0 Å². The second-order valence-electron chi connectivity index (χ2n) is 4.24. The van der Waals surface area contributed by atoms with Gasteiger partial charge >= 0.3 is 0 Å². The van der Waals surface area contributed by atoms with E-state index in [4.69, 9.17) is 5.11 Å². The molecule has 1 heterocycles. The maximum atomic E-state index is 11.1. The van der Waals surface area contributed by atoms with Gasteiger partial charge in [-0.1, -0.05) is 0 Å². The average Bonchev–Trinajstić information content (AvgIpc) is 2.27. The van der Waals surface area contributed by atoms with Gasteiger partial charge in [-0.05, 0) is 31.7 Å². The second-order valence-corrected chi connectivity index (χ2v) is 4.24. The van der Waals surface area contributed by atoms with Gasteiger partial charge in [-0.25, -0.2) is 0 Å². The van der Waals surface area contributed by atoms with Gasteiger partial charge in [0.05, 0.1) is 0 Å². The van der Waals surface area contributed by atoms with E-state index in [0.29, 0.717) is 12.3 Å². The van der Waals surface area contributed by atoms with Crippen molar-refractivity contribution in [3.05, 3.63) is 0 Å². The SMILES string of the molecule is CNC(=O)CCN1CCCC(CCO)C1. The van der Waals surface area contributed by atoms with Crippen LogP contribution in [0.1, 0.15) is 25.7 Å². The van der Waals surface area contributed by atoms with Crippen molar-refractivity contribution in [3.8, 4) is 0 Å². The number of nitrogens with one attached hydrogen (secondary N) is 1. The van der Waals surface area contributed by atoms with E-state index in [1.54, 1.807) is 7.05 Å². The lowest BCUT2D eigenvalue weighted by atomic mass is 9.95. The fraction of sp³-hybridized carbons (Fsp3) is 0.909. The Morgan fingerprint density at radius 2 is 2.40 bits per heavy atom. The number of aliphatic hydroxyl groups is 1. The molecule has 0 radical (unpaired) electrons. The van der Waals surface area contributed by atoms with Crippen molar-refractivity contribution in [2.75, 3.05) is 33.3 Å². The van der Waals surface area contributed by atoms with E-state index in [9.17, 15) is 4.79 Å². The quantitative estimate of drug-likeness (QED) is 0.688. The third-order valence-corrected chi connectivity index (χ3v) is 3.07. The molecule has 0 bridgehead atoms. The third kappa shape index (κ3) is 4.62. The van der Waals surface area contributed by atoms with Crippen molar-refractivity contribution in [1.29, 1.82) is 0 Å². The summed E-state index contributed by atoms with van der Waals surface area (Å²) in [5, 5.41) is 11.5. The monoisotopic (exact) mass is 214 g/mol. The van der Waals surface area contributed by atoms with Crippen LogP contribution in [0.5, 0.6) is 0 Å². The molecule has 1 saturated heterocycles. The molecule has 0 spiro atoms. The number of nitrogens with zero attached hydrogens (tertiary/aromatic N) is 1. The molecule has 1 rings (SSSR count). The van der Waals surface area contributed by atoms with Gasteiger partial charge in [0.2, 0.25) is 5.91 Å². The summed E-state index contributed by atoms with van der Waals surface area (Å²) in [6.45, 7) is 3.27. The van der Waals surface area contributed by atoms with Crippen LogP contribution in [0.2, 0.25) is 0 Å². The van der Waals surface area contributed by atoms with Crippen molar-refractivity contribution in [3.63, 3.8) is 0 Å². The van der Waals surface area contributed by atoms with Crippen LogP contribution < -0.4 is 5.32 Å². The minimum atomic E-state index is 0.110. The number of amides is 1. The summed E-state index contributed by atoms with van der Waals surface area (Å²) in [5.41, 5.74) is 0. The van der Waals surface area contributed by atoms with Gasteiger partial charge in [0.15, 0.2) is 0 Å². The van der Waals surface area contributed by atoms with Crippen molar-refractivity contribution in [1.82, 2.24) is 10.2 Å². The molecule has 4 heteroatoms. The van der Waals surface area contributed by atoms with Gasteiger partial charge in [-0.2, -0.15) is 0 Å². The lowest BCUT2D eigenvalue weighted by Gasteiger charge is -2.32. The number of aliphatic hydroxyl groups excluding tert-OH is 1. The Kier molecular flexibility index (Phi) is 5.65. The summed E-state index contributed by atoms with van der Waals surface area (Å²) >= 11 is 0. The van der Waals surface area contributed by atoms with Crippen molar-refractivity contribution in [2.24, 2.45) is 5.92 Å². The molecule has 4 nitrogen and oxygen atoms in total. The van der Waals surface area contributed by atoms with Crippen LogP contribution in [0.4, 0.5) is 0 Å². The number of carbonyl (C=O) groups excluding carboxylic acids is 1. The second kappa shape index (κ2) is 6.80. The molecule has 0 aliphatic carbocycles. The van der Waals surface area contributed by atoms with Crippen LogP contribution >= 0.6 is 0 Å². The third-order valence-electron chi connectivity index (χ3n) is 3.07. The van der Waals surface area contributed by atoms with E-state index in [0.717, 1.165) is 26.1 Å². The first-order valence-electron chi connectivity index (χ1n) is 5.80. The Labute approximate surface area is 91.6 Å². The van der Waals surface area contributed by atoms with Crippen molar-refractivity contribution in [2.45, 2.75) is 25.7 Å². The summed E-state index contributed by atoms with van der Waals surface area (Å²) in [6, 6.07) is 0. The average molecular weight is 214 g/mol. The zero-order valence-electron chi connectivity index (χ0n) is 9.54. The topological polar surface area (TPSA) is 52.6 Å². The number of likely N-dealkylation sites (tertiary alicyclic amines) is 1. The van der Waals surface area contributed by atoms with Gasteiger partial charge in [0, 0.05) is 33.2 Å². The fourth-order valence-electron chi connectivity index (χ4n) is 2.16. The summed E-state index contributed by atoms with van der Waals surface area (Å²) < 4.78 is 0. The molecule has 88 valence electrons. The maximum Gasteiger partial charge on any atom is 0.221 e. The molecule has 1 atom stereocenters. The predicted octanol–water partition coefficient (Wildman–Crippen LogP) is 0.217. The Morgan fingerprint density at radius 1 is 1.60 bits per heavy atom. The van der Waals surface area contributed by atoms with Crippen LogP contribution in [0.15, 0.2) is 0 Å². The van der Waals surface area contributed by atoms with Crippen LogP contribution in [-0.2, 0) is 4.79 Å². The Bertz CT molecular complexity index is 195. The number of rotatable bonds is 5. The lowest BCUT2D eigenvalue weighted by Crippen LogP contribution is -2.38. The Morgan fingerprint density at radius 3 is 3.07 bits per heavy atom. The largest absolute Gasteiger partial charge is 0.396 e. The van der Waals surface area contributed by atoms with Crippen molar-refractivity contribution < 1.29 is 9.90 Å². The van der Waals surface area contributed by atoms with Gasteiger partial charge < -0.3 is 15.3 Å². The Balaban J connectivity index is 2.21. The minimum Gasteiger partial charge on any atom is -0.396 e. The molecular formula is C11H22N2O2. The van der Waals surface area contributed by atoms with E-state index in [-0.39, 0.29) is 12.5 Å². The lowest BCUT2D eigenvalue weighted by molar-refractivity contribution is -0.121. The van der Waals surface area contributed by atoms with E-state index in [2.05, 4.69) is 10.2 Å². The van der Waals surface area contributed by atoms with Gasteiger partial charge in [0.1, 0.15) is 0 Å². The van der Waals surface area contributed by atoms with Crippen LogP contribution in [0, 0.1) is 5.92 Å². The first-order chi connectivity index (χ1) is 7.26. The summed E-state index contributed by atoms with van der Waals surface area (Å²) in [7, 11) is 1.67. The normalized spacial score (nSPS) is 22.7. The summed E-state index contributed by atoms with van der Waals surface area (Å²) in [6.07, 6.45) is 3.90. The molecular weight excluding hydrogens is 192 g/mol. The Hall–Kier alpha value is -0.610. The smallest absolute Gasteiger partial charge is 0.221 e. The molecule has 0 aromatic rings. The van der Waals surface area contributed by atoms with E-state index >= 15 is 0 Å². The van der Waals surface area contributed by atoms with E-state index in [1.165, 1.54) is 12.8 Å².